The van der Waals surface area contributed by atoms with Gasteiger partial charge < -0.3 is 5.11 Å². The summed E-state index contributed by atoms with van der Waals surface area (Å²) in [5.41, 5.74) is 0. The molecule has 2 fully saturated rings. The van der Waals surface area contributed by atoms with Crippen LogP contribution in [0.4, 0.5) is 0 Å². The van der Waals surface area contributed by atoms with Crippen molar-refractivity contribution in [3.05, 3.63) is 0 Å². The number of carboxylic acid groups (broad SMARTS) is 1. The summed E-state index contributed by atoms with van der Waals surface area (Å²) in [6, 6.07) is 1.10. The summed E-state index contributed by atoms with van der Waals surface area (Å²) < 4.78 is 0. The molecule has 2 atom stereocenters. The molecule has 0 aromatic carbocycles. The van der Waals surface area contributed by atoms with Gasteiger partial charge in [-0.2, -0.15) is 0 Å². The first-order valence-electron chi connectivity index (χ1n) is 5.71. The van der Waals surface area contributed by atoms with Crippen molar-refractivity contribution in [1.82, 2.24) is 4.90 Å². The number of nitrogens with zero attached hydrogens (tertiary/aromatic N) is 1. The Morgan fingerprint density at radius 2 is 1.93 bits per heavy atom. The summed E-state index contributed by atoms with van der Waals surface area (Å²) in [5, 5.41) is 9.03. The molecule has 3 nitrogen and oxygen atoms in total. The van der Waals surface area contributed by atoms with E-state index in [1.807, 2.05) is 0 Å². The number of rotatable bonds is 2. The Kier molecular flexibility index (Phi) is 2.77. The Morgan fingerprint density at radius 1 is 1.36 bits per heavy atom. The molecule has 2 aliphatic heterocycles. The number of hydrogen-bond acceptors (Lipinski definition) is 2. The minimum atomic E-state index is -0.586. The van der Waals surface area contributed by atoms with Crippen LogP contribution >= 0.6 is 0 Å². The van der Waals surface area contributed by atoms with Crippen LogP contribution in [0.1, 0.15) is 39.0 Å². The number of piperidine rings is 2. The molecule has 0 spiro atoms. The van der Waals surface area contributed by atoms with Crippen LogP contribution in [0.5, 0.6) is 0 Å². The van der Waals surface area contributed by atoms with Gasteiger partial charge in [0, 0.05) is 12.1 Å². The highest BCUT2D eigenvalue weighted by atomic mass is 16.4. The summed E-state index contributed by atoms with van der Waals surface area (Å²) in [4.78, 5) is 13.5. The van der Waals surface area contributed by atoms with E-state index in [4.69, 9.17) is 5.11 Å². The fourth-order valence-electron chi connectivity index (χ4n) is 3.20. The van der Waals surface area contributed by atoms with Gasteiger partial charge in [-0.25, -0.2) is 0 Å². The molecule has 2 heterocycles. The van der Waals surface area contributed by atoms with Crippen LogP contribution < -0.4 is 0 Å². The Labute approximate surface area is 85.1 Å². The van der Waals surface area contributed by atoms with Crippen molar-refractivity contribution in [2.75, 3.05) is 6.54 Å². The molecule has 2 bridgehead atoms. The molecule has 2 rings (SSSR count). The first-order chi connectivity index (χ1) is 6.72. The van der Waals surface area contributed by atoms with E-state index in [1.165, 1.54) is 19.3 Å². The summed E-state index contributed by atoms with van der Waals surface area (Å²) in [6.45, 7) is 3.27. The van der Waals surface area contributed by atoms with Gasteiger partial charge in [0.05, 0.1) is 5.92 Å². The first-order valence-corrected chi connectivity index (χ1v) is 5.71. The van der Waals surface area contributed by atoms with E-state index in [9.17, 15) is 4.79 Å². The summed E-state index contributed by atoms with van der Waals surface area (Å²) in [7, 11) is 0. The molecule has 3 heteroatoms. The SMILES string of the molecule is CCN1C2CCCC1CC(C(=O)O)C2. The average molecular weight is 197 g/mol. The highest BCUT2D eigenvalue weighted by Gasteiger charge is 2.39. The Bertz CT molecular complexity index is 215. The van der Waals surface area contributed by atoms with Crippen molar-refractivity contribution in [3.63, 3.8) is 0 Å². The first kappa shape index (κ1) is 9.97. The number of fused-ring (bicyclic) bond motifs is 2. The summed E-state index contributed by atoms with van der Waals surface area (Å²) in [5.74, 6) is -0.661. The van der Waals surface area contributed by atoms with E-state index in [0.717, 1.165) is 19.4 Å². The summed E-state index contributed by atoms with van der Waals surface area (Å²) >= 11 is 0. The van der Waals surface area contributed by atoms with Gasteiger partial charge >= 0.3 is 5.97 Å². The lowest BCUT2D eigenvalue weighted by Crippen LogP contribution is -2.52. The maximum Gasteiger partial charge on any atom is 0.306 e. The third-order valence-corrected chi connectivity index (χ3v) is 3.84. The molecule has 14 heavy (non-hydrogen) atoms. The lowest BCUT2D eigenvalue weighted by molar-refractivity contribution is -0.146. The predicted molar refractivity (Wildman–Crippen MR) is 54.2 cm³/mol. The molecule has 0 saturated carbocycles. The van der Waals surface area contributed by atoms with E-state index in [1.54, 1.807) is 0 Å². The van der Waals surface area contributed by atoms with Gasteiger partial charge in [-0.1, -0.05) is 13.3 Å². The molecule has 0 aromatic rings. The number of carbonyl (C=O) groups is 1. The van der Waals surface area contributed by atoms with Crippen LogP contribution in [0.3, 0.4) is 0 Å². The Hall–Kier alpha value is -0.570. The minimum Gasteiger partial charge on any atom is -0.481 e. The molecule has 2 unspecified atom stereocenters. The second-order valence-corrected chi connectivity index (χ2v) is 4.58. The molecule has 0 aliphatic carbocycles. The van der Waals surface area contributed by atoms with Crippen molar-refractivity contribution >= 4 is 5.97 Å². The highest BCUT2D eigenvalue weighted by Crippen LogP contribution is 2.36. The van der Waals surface area contributed by atoms with Crippen LogP contribution in [-0.4, -0.2) is 34.6 Å². The fraction of sp³-hybridized carbons (Fsp3) is 0.909. The van der Waals surface area contributed by atoms with Crippen LogP contribution in [-0.2, 0) is 4.79 Å². The van der Waals surface area contributed by atoms with Crippen molar-refractivity contribution in [1.29, 1.82) is 0 Å². The lowest BCUT2D eigenvalue weighted by Gasteiger charge is -2.47. The molecule has 0 amide bonds. The molecule has 0 radical (unpaired) electrons. The molecule has 80 valence electrons. The van der Waals surface area contributed by atoms with Crippen molar-refractivity contribution in [3.8, 4) is 0 Å². The van der Waals surface area contributed by atoms with Crippen molar-refractivity contribution in [2.24, 2.45) is 5.92 Å². The zero-order chi connectivity index (χ0) is 10.1. The number of aliphatic carboxylic acids is 1. The van der Waals surface area contributed by atoms with E-state index in [-0.39, 0.29) is 5.92 Å². The van der Waals surface area contributed by atoms with E-state index in [2.05, 4.69) is 11.8 Å². The standard InChI is InChI=1S/C11H19NO2/c1-2-12-9-4-3-5-10(12)7-8(6-9)11(13)14/h8-10H,2-7H2,1H3,(H,13,14). The second-order valence-electron chi connectivity index (χ2n) is 4.58. The molecular weight excluding hydrogens is 178 g/mol. The maximum atomic E-state index is 11.0. The molecular formula is C11H19NO2. The minimum absolute atomic E-state index is 0.0758. The van der Waals surface area contributed by atoms with E-state index >= 15 is 0 Å². The van der Waals surface area contributed by atoms with Crippen molar-refractivity contribution < 1.29 is 9.90 Å². The third kappa shape index (κ3) is 1.65. The van der Waals surface area contributed by atoms with Gasteiger partial charge in [0.1, 0.15) is 0 Å². The molecule has 1 N–H and O–H groups in total. The monoisotopic (exact) mass is 197 g/mol. The van der Waals surface area contributed by atoms with Gasteiger partial charge in [-0.15, -0.1) is 0 Å². The van der Waals surface area contributed by atoms with Gasteiger partial charge in [-0.05, 0) is 32.2 Å². The van der Waals surface area contributed by atoms with E-state index < -0.39 is 5.97 Å². The molecule has 2 aliphatic rings. The van der Waals surface area contributed by atoms with Crippen LogP contribution in [0.2, 0.25) is 0 Å². The van der Waals surface area contributed by atoms with Gasteiger partial charge in [0.25, 0.3) is 0 Å². The topological polar surface area (TPSA) is 40.5 Å². The fourth-order valence-corrected chi connectivity index (χ4v) is 3.20. The normalized spacial score (nSPS) is 38.2. The maximum absolute atomic E-state index is 11.0. The van der Waals surface area contributed by atoms with Crippen molar-refractivity contribution in [2.45, 2.75) is 51.1 Å². The van der Waals surface area contributed by atoms with Gasteiger partial charge in [0.15, 0.2) is 0 Å². The van der Waals surface area contributed by atoms with Crippen LogP contribution in [0.25, 0.3) is 0 Å². The van der Waals surface area contributed by atoms with Gasteiger partial charge in [-0.3, -0.25) is 9.69 Å². The number of hydrogen-bond donors (Lipinski definition) is 1. The smallest absolute Gasteiger partial charge is 0.306 e. The molecule has 2 saturated heterocycles. The average Bonchev–Trinajstić information content (AvgIpc) is 2.15. The Morgan fingerprint density at radius 3 is 2.36 bits per heavy atom. The zero-order valence-corrected chi connectivity index (χ0v) is 8.78. The van der Waals surface area contributed by atoms with E-state index in [0.29, 0.717) is 12.1 Å². The highest BCUT2D eigenvalue weighted by molar-refractivity contribution is 5.70. The second kappa shape index (κ2) is 3.89. The lowest BCUT2D eigenvalue weighted by atomic mass is 9.78. The summed E-state index contributed by atoms with van der Waals surface area (Å²) in [6.07, 6.45) is 5.44. The Balaban J connectivity index is 2.08. The van der Waals surface area contributed by atoms with Crippen LogP contribution in [0, 0.1) is 5.92 Å². The zero-order valence-electron chi connectivity index (χ0n) is 8.78. The predicted octanol–water partition coefficient (Wildman–Crippen LogP) is 1.72. The third-order valence-electron chi connectivity index (χ3n) is 3.84. The largest absolute Gasteiger partial charge is 0.481 e. The quantitative estimate of drug-likeness (QED) is 0.732. The van der Waals surface area contributed by atoms with Gasteiger partial charge in [0.2, 0.25) is 0 Å². The molecule has 0 aromatic heterocycles. The van der Waals surface area contributed by atoms with Crippen LogP contribution in [0.15, 0.2) is 0 Å². The number of carboxylic acids is 1.